The maximum absolute atomic E-state index is 12.9. The normalized spacial score (nSPS) is 15.1. The van der Waals surface area contributed by atoms with Gasteiger partial charge in [0.1, 0.15) is 24.7 Å². The zero-order valence-corrected chi connectivity index (χ0v) is 16.4. The van der Waals surface area contributed by atoms with Gasteiger partial charge in [0.2, 0.25) is 0 Å². The maximum Gasteiger partial charge on any atom is 0.326 e. The lowest BCUT2D eigenvalue weighted by atomic mass is 10.2. The van der Waals surface area contributed by atoms with Gasteiger partial charge in [-0.3, -0.25) is 19.3 Å². The van der Waals surface area contributed by atoms with Crippen molar-refractivity contribution in [2.75, 3.05) is 13.2 Å². The number of carbonyl (C=O) groups excluding carboxylic acids is 3. The van der Waals surface area contributed by atoms with Crippen molar-refractivity contribution in [2.45, 2.75) is 13.5 Å². The monoisotopic (exact) mass is 415 g/mol. The first-order chi connectivity index (χ1) is 14.0. The first-order valence-corrected chi connectivity index (χ1v) is 9.66. The van der Waals surface area contributed by atoms with Crippen LogP contribution < -0.4 is 4.74 Å². The van der Waals surface area contributed by atoms with Crippen LogP contribution in [0.2, 0.25) is 0 Å². The second-order valence-corrected chi connectivity index (χ2v) is 7.05. The molecule has 1 aliphatic heterocycles. The van der Waals surface area contributed by atoms with E-state index in [0.29, 0.717) is 17.9 Å². The van der Waals surface area contributed by atoms with Gasteiger partial charge in [0.25, 0.3) is 11.1 Å². The minimum atomic E-state index is -0.626. The van der Waals surface area contributed by atoms with Gasteiger partial charge in [-0.2, -0.15) is 0 Å². The van der Waals surface area contributed by atoms with E-state index in [4.69, 9.17) is 9.47 Å². The first-order valence-electron chi connectivity index (χ1n) is 8.84. The summed E-state index contributed by atoms with van der Waals surface area (Å²) in [4.78, 5) is 37.0. The summed E-state index contributed by atoms with van der Waals surface area (Å²) in [6.07, 6.45) is 1.58. The van der Waals surface area contributed by atoms with E-state index < -0.39 is 23.7 Å². The number of esters is 1. The minimum Gasteiger partial charge on any atom is -0.489 e. The van der Waals surface area contributed by atoms with Gasteiger partial charge >= 0.3 is 5.97 Å². The Balaban J connectivity index is 1.61. The minimum absolute atomic E-state index is 0.181. The Kier molecular flexibility index (Phi) is 6.66. The second-order valence-electron chi connectivity index (χ2n) is 6.06. The third-order valence-electron chi connectivity index (χ3n) is 3.96. The molecule has 0 aromatic heterocycles. The van der Waals surface area contributed by atoms with Crippen molar-refractivity contribution >= 4 is 35.0 Å². The van der Waals surface area contributed by atoms with Gasteiger partial charge in [0.15, 0.2) is 0 Å². The Labute approximate surface area is 171 Å². The summed E-state index contributed by atoms with van der Waals surface area (Å²) in [5.41, 5.74) is 1.55. The molecule has 2 aromatic carbocycles. The van der Waals surface area contributed by atoms with E-state index in [1.807, 2.05) is 0 Å². The molecule has 2 amide bonds. The number of thioether (sulfide) groups is 1. The van der Waals surface area contributed by atoms with Crippen LogP contribution in [0.4, 0.5) is 9.18 Å². The van der Waals surface area contributed by atoms with Crippen LogP contribution in [0.3, 0.4) is 0 Å². The molecule has 150 valence electrons. The van der Waals surface area contributed by atoms with Crippen molar-refractivity contribution in [3.8, 4) is 5.75 Å². The molecule has 0 saturated carbocycles. The van der Waals surface area contributed by atoms with E-state index in [1.165, 1.54) is 12.1 Å². The number of ether oxygens (including phenoxy) is 2. The fourth-order valence-electron chi connectivity index (χ4n) is 2.53. The highest BCUT2D eigenvalue weighted by Gasteiger charge is 2.36. The van der Waals surface area contributed by atoms with Crippen molar-refractivity contribution in [3.05, 3.63) is 70.4 Å². The molecular weight excluding hydrogens is 397 g/mol. The third-order valence-corrected chi connectivity index (χ3v) is 4.87. The van der Waals surface area contributed by atoms with Crippen LogP contribution >= 0.6 is 11.8 Å². The summed E-state index contributed by atoms with van der Waals surface area (Å²) in [6, 6.07) is 13.0. The number of rotatable bonds is 7. The van der Waals surface area contributed by atoms with E-state index in [-0.39, 0.29) is 17.3 Å². The molecule has 2 aromatic rings. The molecule has 0 bridgehead atoms. The SMILES string of the molecule is CCOC(=O)CN1C(=O)S/C(=C\c2ccc(OCc3ccc(F)cc3)cc2)C1=O. The van der Waals surface area contributed by atoms with Crippen LogP contribution in [0.5, 0.6) is 5.75 Å². The Morgan fingerprint density at radius 1 is 1.10 bits per heavy atom. The predicted octanol–water partition coefficient (Wildman–Crippen LogP) is 4.00. The molecule has 29 heavy (non-hydrogen) atoms. The second kappa shape index (κ2) is 9.38. The van der Waals surface area contributed by atoms with Crippen molar-refractivity contribution in [1.82, 2.24) is 4.90 Å². The van der Waals surface area contributed by atoms with Gasteiger partial charge in [-0.15, -0.1) is 0 Å². The van der Waals surface area contributed by atoms with Crippen LogP contribution in [0, 0.1) is 5.82 Å². The van der Waals surface area contributed by atoms with E-state index >= 15 is 0 Å². The molecule has 0 radical (unpaired) electrons. The van der Waals surface area contributed by atoms with Crippen LogP contribution in [0.15, 0.2) is 53.4 Å². The summed E-state index contributed by atoms with van der Waals surface area (Å²) in [5.74, 6) is -0.838. The summed E-state index contributed by atoms with van der Waals surface area (Å²) in [6.45, 7) is 1.73. The number of halogens is 1. The predicted molar refractivity (Wildman–Crippen MR) is 106 cm³/mol. The van der Waals surface area contributed by atoms with Crippen molar-refractivity contribution in [1.29, 1.82) is 0 Å². The third kappa shape index (κ3) is 5.45. The number of nitrogens with zero attached hydrogens (tertiary/aromatic N) is 1. The topological polar surface area (TPSA) is 72.9 Å². The van der Waals surface area contributed by atoms with E-state index in [2.05, 4.69) is 0 Å². The van der Waals surface area contributed by atoms with Crippen LogP contribution in [-0.2, 0) is 20.9 Å². The summed E-state index contributed by atoms with van der Waals surface area (Å²) >= 11 is 0.778. The average Bonchev–Trinajstić information content (AvgIpc) is 2.96. The largest absolute Gasteiger partial charge is 0.489 e. The molecule has 3 rings (SSSR count). The number of amides is 2. The molecule has 1 fully saturated rings. The Morgan fingerprint density at radius 3 is 2.45 bits per heavy atom. The molecule has 8 heteroatoms. The Hall–Kier alpha value is -3.13. The van der Waals surface area contributed by atoms with Gasteiger partial charge in [0.05, 0.1) is 11.5 Å². The Morgan fingerprint density at radius 2 is 1.79 bits per heavy atom. The standard InChI is InChI=1S/C21H18FNO5S/c1-2-27-19(24)12-23-20(25)18(29-21(23)26)11-14-5-9-17(10-6-14)28-13-15-3-7-16(22)8-4-15/h3-11H,2,12-13H2,1H3/b18-11-. The van der Waals surface area contributed by atoms with Crippen LogP contribution in [0.1, 0.15) is 18.1 Å². The number of hydrogen-bond donors (Lipinski definition) is 0. The highest BCUT2D eigenvalue weighted by molar-refractivity contribution is 8.18. The number of carbonyl (C=O) groups is 3. The maximum atomic E-state index is 12.9. The van der Waals surface area contributed by atoms with Gasteiger partial charge in [-0.25, -0.2) is 4.39 Å². The van der Waals surface area contributed by atoms with Crippen molar-refractivity contribution < 1.29 is 28.2 Å². The van der Waals surface area contributed by atoms with E-state index in [1.54, 1.807) is 49.4 Å². The fraction of sp³-hybridized carbons (Fsp3) is 0.190. The molecule has 0 atom stereocenters. The lowest BCUT2D eigenvalue weighted by Gasteiger charge is -2.10. The molecule has 6 nitrogen and oxygen atoms in total. The highest BCUT2D eigenvalue weighted by Crippen LogP contribution is 2.32. The zero-order chi connectivity index (χ0) is 20.8. The molecule has 1 saturated heterocycles. The van der Waals surface area contributed by atoms with Gasteiger partial charge < -0.3 is 9.47 Å². The molecule has 0 aliphatic carbocycles. The quantitative estimate of drug-likeness (QED) is 0.503. The van der Waals surface area contributed by atoms with E-state index in [9.17, 15) is 18.8 Å². The number of hydrogen-bond acceptors (Lipinski definition) is 6. The summed E-state index contributed by atoms with van der Waals surface area (Å²) < 4.78 is 23.3. The number of imide groups is 1. The average molecular weight is 415 g/mol. The van der Waals surface area contributed by atoms with Gasteiger partial charge in [0, 0.05) is 0 Å². The van der Waals surface area contributed by atoms with E-state index in [0.717, 1.165) is 22.2 Å². The van der Waals surface area contributed by atoms with Crippen LogP contribution in [0.25, 0.3) is 6.08 Å². The lowest BCUT2D eigenvalue weighted by molar-refractivity contribution is -0.145. The highest BCUT2D eigenvalue weighted by atomic mass is 32.2. The van der Waals surface area contributed by atoms with Crippen LogP contribution in [-0.4, -0.2) is 35.2 Å². The fourth-order valence-corrected chi connectivity index (χ4v) is 3.37. The Bertz CT molecular complexity index is 941. The van der Waals surface area contributed by atoms with Crippen molar-refractivity contribution in [3.63, 3.8) is 0 Å². The molecular formula is C21H18FNO5S. The summed E-state index contributed by atoms with van der Waals surface area (Å²) in [7, 11) is 0. The van der Waals surface area contributed by atoms with Crippen molar-refractivity contribution in [2.24, 2.45) is 0 Å². The first kappa shape index (κ1) is 20.6. The molecule has 1 heterocycles. The lowest BCUT2D eigenvalue weighted by Crippen LogP contribution is -2.34. The van der Waals surface area contributed by atoms with Gasteiger partial charge in [-0.1, -0.05) is 24.3 Å². The number of benzene rings is 2. The summed E-state index contributed by atoms with van der Waals surface area (Å²) in [5, 5.41) is -0.506. The molecule has 0 unspecified atom stereocenters. The van der Waals surface area contributed by atoms with Gasteiger partial charge in [-0.05, 0) is 60.2 Å². The zero-order valence-electron chi connectivity index (χ0n) is 15.6. The molecule has 0 spiro atoms. The smallest absolute Gasteiger partial charge is 0.326 e. The molecule has 0 N–H and O–H groups in total. The molecule has 1 aliphatic rings.